The SMILES string of the molecule is O=C(CCOc1cccc(Br)c1)NCC1(O)CCOCC1. The number of hydrogen-bond donors (Lipinski definition) is 2. The molecule has 0 saturated carbocycles. The van der Waals surface area contributed by atoms with Crippen LogP contribution in [0.5, 0.6) is 5.75 Å². The van der Waals surface area contributed by atoms with E-state index in [9.17, 15) is 9.90 Å². The molecule has 0 aromatic heterocycles. The average Bonchev–Trinajstić information content (AvgIpc) is 2.46. The molecule has 116 valence electrons. The van der Waals surface area contributed by atoms with Crippen LogP contribution in [0.4, 0.5) is 0 Å². The molecule has 2 N–H and O–H groups in total. The Morgan fingerprint density at radius 2 is 2.19 bits per heavy atom. The molecule has 0 aliphatic carbocycles. The second-order valence-corrected chi connectivity index (χ2v) is 6.08. The van der Waals surface area contributed by atoms with Crippen LogP contribution in [0.15, 0.2) is 28.7 Å². The van der Waals surface area contributed by atoms with Crippen LogP contribution in [0.1, 0.15) is 19.3 Å². The molecule has 5 nitrogen and oxygen atoms in total. The van der Waals surface area contributed by atoms with E-state index in [1.807, 2.05) is 24.3 Å². The van der Waals surface area contributed by atoms with Gasteiger partial charge < -0.3 is 19.9 Å². The standard InChI is InChI=1S/C15H20BrNO4/c16-12-2-1-3-13(10-12)21-7-4-14(18)17-11-15(19)5-8-20-9-6-15/h1-3,10,19H,4-9,11H2,(H,17,18). The topological polar surface area (TPSA) is 67.8 Å². The van der Waals surface area contributed by atoms with Crippen LogP contribution in [0, 0.1) is 0 Å². The summed E-state index contributed by atoms with van der Waals surface area (Å²) in [4.78, 5) is 11.7. The van der Waals surface area contributed by atoms with Gasteiger partial charge in [0.25, 0.3) is 0 Å². The van der Waals surface area contributed by atoms with Crippen LogP contribution in [0.3, 0.4) is 0 Å². The van der Waals surface area contributed by atoms with Crippen LogP contribution in [-0.2, 0) is 9.53 Å². The van der Waals surface area contributed by atoms with Crippen LogP contribution in [-0.4, -0.2) is 43.0 Å². The molecule has 0 atom stereocenters. The van der Waals surface area contributed by atoms with Crippen molar-refractivity contribution >= 4 is 21.8 Å². The number of rotatable bonds is 6. The fraction of sp³-hybridized carbons (Fsp3) is 0.533. The number of nitrogens with one attached hydrogen (secondary N) is 1. The third-order valence-electron chi connectivity index (χ3n) is 3.43. The van der Waals surface area contributed by atoms with Crippen LogP contribution < -0.4 is 10.1 Å². The first kappa shape index (κ1) is 16.3. The molecule has 1 heterocycles. The largest absolute Gasteiger partial charge is 0.493 e. The van der Waals surface area contributed by atoms with Gasteiger partial charge in [0.15, 0.2) is 0 Å². The lowest BCUT2D eigenvalue weighted by atomic mass is 9.94. The highest BCUT2D eigenvalue weighted by Gasteiger charge is 2.29. The van der Waals surface area contributed by atoms with Crippen molar-refractivity contribution in [2.24, 2.45) is 0 Å². The first-order chi connectivity index (χ1) is 10.1. The molecule has 1 saturated heterocycles. The summed E-state index contributed by atoms with van der Waals surface area (Å²) in [6, 6.07) is 7.48. The number of ether oxygens (including phenoxy) is 2. The number of hydrogen-bond acceptors (Lipinski definition) is 4. The normalized spacial score (nSPS) is 17.2. The zero-order valence-corrected chi connectivity index (χ0v) is 13.4. The Bertz CT molecular complexity index is 474. The summed E-state index contributed by atoms with van der Waals surface area (Å²) >= 11 is 3.36. The van der Waals surface area contributed by atoms with Crippen molar-refractivity contribution in [1.82, 2.24) is 5.32 Å². The molecule has 1 aromatic rings. The number of amides is 1. The Labute approximate surface area is 132 Å². The van der Waals surface area contributed by atoms with Crippen LogP contribution >= 0.6 is 15.9 Å². The van der Waals surface area contributed by atoms with E-state index in [4.69, 9.17) is 9.47 Å². The molecule has 6 heteroatoms. The lowest BCUT2D eigenvalue weighted by molar-refractivity contribution is -0.124. The predicted molar refractivity (Wildman–Crippen MR) is 82.3 cm³/mol. The highest BCUT2D eigenvalue weighted by molar-refractivity contribution is 9.10. The first-order valence-electron chi connectivity index (χ1n) is 7.03. The maximum absolute atomic E-state index is 11.7. The van der Waals surface area contributed by atoms with E-state index in [1.165, 1.54) is 0 Å². The number of carbonyl (C=O) groups is 1. The Morgan fingerprint density at radius 3 is 2.90 bits per heavy atom. The molecule has 1 amide bonds. The van der Waals surface area contributed by atoms with Crippen molar-refractivity contribution in [1.29, 1.82) is 0 Å². The minimum atomic E-state index is -0.834. The fourth-order valence-electron chi connectivity index (χ4n) is 2.10. The first-order valence-corrected chi connectivity index (χ1v) is 7.82. The van der Waals surface area contributed by atoms with Gasteiger partial charge in [0.1, 0.15) is 5.75 Å². The second-order valence-electron chi connectivity index (χ2n) is 5.17. The van der Waals surface area contributed by atoms with Crippen LogP contribution in [0.25, 0.3) is 0 Å². The molecule has 2 rings (SSSR count). The summed E-state index contributed by atoms with van der Waals surface area (Å²) in [5.41, 5.74) is -0.834. The fourth-order valence-corrected chi connectivity index (χ4v) is 2.48. The molecule has 0 unspecified atom stereocenters. The van der Waals surface area contributed by atoms with E-state index in [0.29, 0.717) is 32.7 Å². The van der Waals surface area contributed by atoms with Crippen molar-refractivity contribution in [3.63, 3.8) is 0 Å². The van der Waals surface area contributed by atoms with Crippen molar-refractivity contribution in [2.45, 2.75) is 24.9 Å². The van der Waals surface area contributed by atoms with Gasteiger partial charge in [0, 0.05) is 37.1 Å². The summed E-state index contributed by atoms with van der Waals surface area (Å²) in [7, 11) is 0. The molecular weight excluding hydrogens is 338 g/mol. The van der Waals surface area contributed by atoms with Crippen LogP contribution in [0.2, 0.25) is 0 Å². The second kappa shape index (κ2) is 7.77. The Balaban J connectivity index is 1.65. The van der Waals surface area contributed by atoms with Crippen molar-refractivity contribution in [2.75, 3.05) is 26.4 Å². The van der Waals surface area contributed by atoms with Gasteiger partial charge in [-0.05, 0) is 18.2 Å². The number of benzene rings is 1. The molecule has 0 bridgehead atoms. The highest BCUT2D eigenvalue weighted by Crippen LogP contribution is 2.19. The van der Waals surface area contributed by atoms with Gasteiger partial charge in [0.2, 0.25) is 5.91 Å². The maximum Gasteiger partial charge on any atom is 0.223 e. The Morgan fingerprint density at radius 1 is 1.43 bits per heavy atom. The third kappa shape index (κ3) is 5.65. The lowest BCUT2D eigenvalue weighted by Crippen LogP contribution is -2.46. The monoisotopic (exact) mass is 357 g/mol. The molecular formula is C15H20BrNO4. The molecule has 1 aromatic carbocycles. The zero-order chi connectivity index (χ0) is 15.1. The van der Waals surface area contributed by atoms with E-state index in [2.05, 4.69) is 21.2 Å². The zero-order valence-electron chi connectivity index (χ0n) is 11.8. The van der Waals surface area contributed by atoms with E-state index < -0.39 is 5.60 Å². The minimum Gasteiger partial charge on any atom is -0.493 e. The van der Waals surface area contributed by atoms with Gasteiger partial charge in [-0.25, -0.2) is 0 Å². The van der Waals surface area contributed by atoms with Crippen molar-refractivity contribution in [3.8, 4) is 5.75 Å². The summed E-state index contributed by atoms with van der Waals surface area (Å²) in [6.07, 6.45) is 1.38. The van der Waals surface area contributed by atoms with Gasteiger partial charge in [-0.15, -0.1) is 0 Å². The van der Waals surface area contributed by atoms with Gasteiger partial charge in [-0.2, -0.15) is 0 Å². The van der Waals surface area contributed by atoms with Gasteiger partial charge in [0.05, 0.1) is 18.6 Å². The predicted octanol–water partition coefficient (Wildman–Crippen LogP) is 1.88. The van der Waals surface area contributed by atoms with Crippen molar-refractivity contribution < 1.29 is 19.4 Å². The minimum absolute atomic E-state index is 0.120. The smallest absolute Gasteiger partial charge is 0.223 e. The van der Waals surface area contributed by atoms with Gasteiger partial charge >= 0.3 is 0 Å². The molecule has 0 spiro atoms. The summed E-state index contributed by atoms with van der Waals surface area (Å²) in [5.74, 6) is 0.602. The van der Waals surface area contributed by atoms with E-state index >= 15 is 0 Å². The number of halogens is 1. The average molecular weight is 358 g/mol. The Hall–Kier alpha value is -1.11. The van der Waals surface area contributed by atoms with E-state index in [0.717, 1.165) is 10.2 Å². The van der Waals surface area contributed by atoms with Crippen molar-refractivity contribution in [3.05, 3.63) is 28.7 Å². The number of aliphatic hydroxyl groups is 1. The van der Waals surface area contributed by atoms with Gasteiger partial charge in [-0.1, -0.05) is 22.0 Å². The molecule has 1 aliphatic heterocycles. The molecule has 21 heavy (non-hydrogen) atoms. The molecule has 1 fully saturated rings. The highest BCUT2D eigenvalue weighted by atomic mass is 79.9. The number of carbonyl (C=O) groups excluding carboxylic acids is 1. The molecule has 1 aliphatic rings. The lowest BCUT2D eigenvalue weighted by Gasteiger charge is -2.32. The summed E-state index contributed by atoms with van der Waals surface area (Å²) < 4.78 is 11.6. The van der Waals surface area contributed by atoms with E-state index in [-0.39, 0.29) is 18.9 Å². The quantitative estimate of drug-likeness (QED) is 0.815. The molecule has 0 radical (unpaired) electrons. The maximum atomic E-state index is 11.7. The van der Waals surface area contributed by atoms with Gasteiger partial charge in [-0.3, -0.25) is 4.79 Å². The third-order valence-corrected chi connectivity index (χ3v) is 3.93. The Kier molecular flexibility index (Phi) is 6.02. The summed E-state index contributed by atoms with van der Waals surface area (Å²) in [5, 5.41) is 13.0. The summed E-state index contributed by atoms with van der Waals surface area (Å²) in [6.45, 7) is 1.66. The van der Waals surface area contributed by atoms with E-state index in [1.54, 1.807) is 0 Å².